The number of aromatic nitrogens is 2. The van der Waals surface area contributed by atoms with Crippen LogP contribution in [0.1, 0.15) is 121 Å². The molecule has 3 heteroatoms. The molecule has 0 radical (unpaired) electrons. The Morgan fingerprint density at radius 3 is 1.47 bits per heavy atom. The van der Waals surface area contributed by atoms with Gasteiger partial charge in [-0.1, -0.05) is 115 Å². The van der Waals surface area contributed by atoms with E-state index >= 15 is 0 Å². The van der Waals surface area contributed by atoms with Gasteiger partial charge in [0.05, 0.1) is 5.69 Å². The maximum Gasteiger partial charge on any atom is 0.0543 e. The molecule has 0 aliphatic carbocycles. The molecule has 0 aliphatic heterocycles. The van der Waals surface area contributed by atoms with Crippen LogP contribution in [0.25, 0.3) is 0 Å². The van der Waals surface area contributed by atoms with Crippen molar-refractivity contribution in [2.24, 2.45) is 0 Å². The summed E-state index contributed by atoms with van der Waals surface area (Å²) in [6, 6.07) is 12.4. The van der Waals surface area contributed by atoms with Crippen molar-refractivity contribution in [3.63, 3.8) is 0 Å². The Balaban J connectivity index is 1.47. The number of unbranched alkanes of at least 4 members (excludes halogenated alkanes) is 15. The van der Waals surface area contributed by atoms with Gasteiger partial charge in [-0.3, -0.25) is 14.9 Å². The van der Waals surface area contributed by atoms with Crippen LogP contribution < -0.4 is 0 Å². The Kier molecular flexibility index (Phi) is 17.3. The fourth-order valence-corrected chi connectivity index (χ4v) is 4.69. The summed E-state index contributed by atoms with van der Waals surface area (Å²) >= 11 is 0. The van der Waals surface area contributed by atoms with E-state index in [1.807, 2.05) is 24.5 Å². The summed E-state index contributed by atoms with van der Waals surface area (Å²) in [4.78, 5) is 11.6. The highest BCUT2D eigenvalue weighted by Gasteiger charge is 2.08. The number of nitrogens with zero attached hydrogens (tertiary/aromatic N) is 3. The first-order valence-corrected chi connectivity index (χ1v) is 14.4. The number of rotatable bonds is 22. The molecule has 3 nitrogen and oxygen atoms in total. The van der Waals surface area contributed by atoms with Crippen molar-refractivity contribution in [3.05, 3.63) is 60.2 Å². The molecule has 0 aromatic carbocycles. The van der Waals surface area contributed by atoms with E-state index in [0.717, 1.165) is 26.1 Å². The Bertz CT molecular complexity index is 674. The third kappa shape index (κ3) is 15.2. The molecule has 0 saturated heterocycles. The summed E-state index contributed by atoms with van der Waals surface area (Å²) in [5, 5.41) is 0. The topological polar surface area (TPSA) is 29.0 Å². The van der Waals surface area contributed by atoms with Crippen LogP contribution in [0.2, 0.25) is 0 Å². The fraction of sp³-hybridized carbons (Fsp3) is 0.677. The second kappa shape index (κ2) is 20.6. The van der Waals surface area contributed by atoms with Crippen molar-refractivity contribution in [1.29, 1.82) is 0 Å². The number of pyridine rings is 2. The maximum atomic E-state index is 4.54. The normalized spacial score (nSPS) is 11.4. The van der Waals surface area contributed by atoms with Gasteiger partial charge in [-0.15, -0.1) is 0 Å². The standard InChI is InChI=1S/C31H51N3/c1-2-3-4-5-6-7-8-9-10-11-12-13-14-15-16-21-27-34(29-31-23-18-20-26-33-31)28-24-30-22-17-19-25-32-30/h17-20,22-23,25-26H,2-16,21,24,27-29H2,1H3. The summed E-state index contributed by atoms with van der Waals surface area (Å²) in [7, 11) is 0. The predicted octanol–water partition coefficient (Wildman–Crippen LogP) is 8.78. The summed E-state index contributed by atoms with van der Waals surface area (Å²) in [5.74, 6) is 0. The minimum atomic E-state index is 0.937. The average molecular weight is 466 g/mol. The second-order valence-corrected chi connectivity index (χ2v) is 9.97. The molecule has 0 bridgehead atoms. The molecule has 0 amide bonds. The molecule has 2 heterocycles. The average Bonchev–Trinajstić information content (AvgIpc) is 2.88. The SMILES string of the molecule is CCCCCCCCCCCCCCCCCCN(CCc1ccccn1)Cc1ccccn1. The molecule has 34 heavy (non-hydrogen) atoms. The highest BCUT2D eigenvalue weighted by molar-refractivity contribution is 5.05. The van der Waals surface area contributed by atoms with E-state index in [-0.39, 0.29) is 0 Å². The Labute approximate surface area is 210 Å². The Morgan fingerprint density at radius 2 is 1.00 bits per heavy atom. The largest absolute Gasteiger partial charge is 0.297 e. The van der Waals surface area contributed by atoms with Crippen molar-refractivity contribution >= 4 is 0 Å². The first-order valence-electron chi connectivity index (χ1n) is 14.4. The fourth-order valence-electron chi connectivity index (χ4n) is 4.69. The quantitative estimate of drug-likeness (QED) is 0.163. The lowest BCUT2D eigenvalue weighted by Crippen LogP contribution is -2.27. The van der Waals surface area contributed by atoms with Crippen LogP contribution in [0.15, 0.2) is 48.8 Å². The lowest BCUT2D eigenvalue weighted by molar-refractivity contribution is 0.258. The molecular weight excluding hydrogens is 414 g/mol. The zero-order chi connectivity index (χ0) is 23.9. The smallest absolute Gasteiger partial charge is 0.0543 e. The van der Waals surface area contributed by atoms with Gasteiger partial charge in [-0.2, -0.15) is 0 Å². The molecule has 0 fully saturated rings. The van der Waals surface area contributed by atoms with Gasteiger partial charge in [0.25, 0.3) is 0 Å². The van der Waals surface area contributed by atoms with Gasteiger partial charge in [0.15, 0.2) is 0 Å². The van der Waals surface area contributed by atoms with Crippen LogP contribution >= 0.6 is 0 Å². The van der Waals surface area contributed by atoms with Crippen molar-refractivity contribution in [2.75, 3.05) is 13.1 Å². The Morgan fingerprint density at radius 1 is 0.529 bits per heavy atom. The first kappa shape index (κ1) is 28.5. The highest BCUT2D eigenvalue weighted by atomic mass is 15.1. The molecule has 2 aromatic rings. The summed E-state index contributed by atoms with van der Waals surface area (Å²) in [6.45, 7) is 5.44. The molecule has 0 saturated carbocycles. The summed E-state index contributed by atoms with van der Waals surface area (Å²) in [5.41, 5.74) is 2.35. The van der Waals surface area contributed by atoms with E-state index in [2.05, 4.69) is 46.1 Å². The molecule has 0 aliphatic rings. The number of hydrogen-bond donors (Lipinski definition) is 0. The van der Waals surface area contributed by atoms with Crippen LogP contribution in [-0.4, -0.2) is 28.0 Å². The highest BCUT2D eigenvalue weighted by Crippen LogP contribution is 2.14. The Hall–Kier alpha value is -1.74. The van der Waals surface area contributed by atoms with Crippen molar-refractivity contribution in [3.8, 4) is 0 Å². The van der Waals surface area contributed by atoms with Crippen LogP contribution in [-0.2, 0) is 13.0 Å². The minimum Gasteiger partial charge on any atom is -0.297 e. The zero-order valence-electron chi connectivity index (χ0n) is 22.1. The van der Waals surface area contributed by atoms with Crippen molar-refractivity contribution in [2.45, 2.75) is 123 Å². The van der Waals surface area contributed by atoms with Gasteiger partial charge >= 0.3 is 0 Å². The third-order valence-electron chi connectivity index (χ3n) is 6.85. The van der Waals surface area contributed by atoms with Crippen LogP contribution in [0.4, 0.5) is 0 Å². The van der Waals surface area contributed by atoms with Gasteiger partial charge in [0.2, 0.25) is 0 Å². The van der Waals surface area contributed by atoms with Gasteiger partial charge in [-0.25, -0.2) is 0 Å². The van der Waals surface area contributed by atoms with Crippen LogP contribution in [0.5, 0.6) is 0 Å². The van der Waals surface area contributed by atoms with Crippen LogP contribution in [0.3, 0.4) is 0 Å². The third-order valence-corrected chi connectivity index (χ3v) is 6.85. The predicted molar refractivity (Wildman–Crippen MR) is 147 cm³/mol. The summed E-state index contributed by atoms with van der Waals surface area (Å²) < 4.78 is 0. The maximum absolute atomic E-state index is 4.54. The van der Waals surface area contributed by atoms with E-state index in [1.165, 1.54) is 114 Å². The molecule has 0 unspecified atom stereocenters. The van der Waals surface area contributed by atoms with E-state index < -0.39 is 0 Å². The van der Waals surface area contributed by atoms with E-state index in [0.29, 0.717) is 0 Å². The first-order chi connectivity index (χ1) is 16.9. The molecule has 2 aromatic heterocycles. The number of hydrogen-bond acceptors (Lipinski definition) is 3. The van der Waals surface area contributed by atoms with Gasteiger partial charge in [-0.05, 0) is 37.2 Å². The molecule has 0 spiro atoms. The van der Waals surface area contributed by atoms with Gasteiger partial charge in [0, 0.05) is 37.6 Å². The molecular formula is C31H51N3. The minimum absolute atomic E-state index is 0.937. The second-order valence-electron chi connectivity index (χ2n) is 9.97. The molecule has 0 N–H and O–H groups in total. The monoisotopic (exact) mass is 465 g/mol. The summed E-state index contributed by atoms with van der Waals surface area (Å²) in [6.07, 6.45) is 27.5. The molecule has 0 atom stereocenters. The van der Waals surface area contributed by atoms with E-state index in [1.54, 1.807) is 0 Å². The lowest BCUT2D eigenvalue weighted by Gasteiger charge is -2.22. The van der Waals surface area contributed by atoms with Gasteiger partial charge in [0.1, 0.15) is 0 Å². The molecule has 2 rings (SSSR count). The lowest BCUT2D eigenvalue weighted by atomic mass is 10.0. The molecule has 190 valence electrons. The van der Waals surface area contributed by atoms with Gasteiger partial charge < -0.3 is 0 Å². The van der Waals surface area contributed by atoms with E-state index in [4.69, 9.17) is 0 Å². The van der Waals surface area contributed by atoms with Crippen molar-refractivity contribution in [1.82, 2.24) is 14.9 Å². The van der Waals surface area contributed by atoms with Crippen LogP contribution in [0, 0.1) is 0 Å². The van der Waals surface area contributed by atoms with Crippen molar-refractivity contribution < 1.29 is 0 Å². The zero-order valence-corrected chi connectivity index (χ0v) is 22.1. The van der Waals surface area contributed by atoms with E-state index in [9.17, 15) is 0 Å².